The molecule has 3 aliphatic rings. The van der Waals surface area contributed by atoms with Gasteiger partial charge in [0.1, 0.15) is 5.75 Å². The number of nitrogens with one attached hydrogen (secondary N) is 2. The second-order valence-electron chi connectivity index (χ2n) is 8.73. The smallest absolute Gasteiger partial charge is 0.251 e. The molecule has 3 heterocycles. The third-order valence-electron chi connectivity index (χ3n) is 6.67. The SMILES string of the molecule is COc1cccc(C(=O)NC2CCN(C(=O)[C@@H]3CN[C@H](C(=O)N4CCCC4)C3)CC2)c1. The van der Waals surface area contributed by atoms with Crippen LogP contribution in [0.2, 0.25) is 0 Å². The number of hydrogen-bond donors (Lipinski definition) is 2. The van der Waals surface area contributed by atoms with E-state index in [1.54, 1.807) is 25.3 Å². The van der Waals surface area contributed by atoms with E-state index in [4.69, 9.17) is 4.74 Å². The van der Waals surface area contributed by atoms with Gasteiger partial charge in [0.25, 0.3) is 5.91 Å². The van der Waals surface area contributed by atoms with Crippen molar-refractivity contribution in [3.05, 3.63) is 29.8 Å². The van der Waals surface area contributed by atoms with Crippen molar-refractivity contribution in [1.82, 2.24) is 20.4 Å². The highest BCUT2D eigenvalue weighted by molar-refractivity contribution is 5.94. The minimum absolute atomic E-state index is 0.0500. The lowest BCUT2D eigenvalue weighted by atomic mass is 9.99. The summed E-state index contributed by atoms with van der Waals surface area (Å²) in [6, 6.07) is 6.92. The topological polar surface area (TPSA) is 91.0 Å². The van der Waals surface area contributed by atoms with Crippen LogP contribution in [0.5, 0.6) is 5.75 Å². The Morgan fingerprint density at radius 3 is 2.45 bits per heavy atom. The molecule has 3 fully saturated rings. The molecule has 31 heavy (non-hydrogen) atoms. The Labute approximate surface area is 183 Å². The van der Waals surface area contributed by atoms with Gasteiger partial charge in [-0.1, -0.05) is 6.07 Å². The monoisotopic (exact) mass is 428 g/mol. The molecule has 3 amide bonds. The third-order valence-corrected chi connectivity index (χ3v) is 6.67. The molecule has 1 aromatic carbocycles. The molecule has 3 aliphatic heterocycles. The summed E-state index contributed by atoms with van der Waals surface area (Å²) in [6.07, 6.45) is 4.20. The van der Waals surface area contributed by atoms with E-state index in [0.29, 0.717) is 37.4 Å². The molecule has 0 aromatic heterocycles. The summed E-state index contributed by atoms with van der Waals surface area (Å²) in [6.45, 7) is 3.50. The summed E-state index contributed by atoms with van der Waals surface area (Å²) in [4.78, 5) is 41.9. The molecular formula is C23H32N4O4. The molecule has 8 heteroatoms. The quantitative estimate of drug-likeness (QED) is 0.731. The van der Waals surface area contributed by atoms with Crippen LogP contribution in [-0.4, -0.2) is 79.4 Å². The number of nitrogens with zero attached hydrogens (tertiary/aromatic N) is 2. The predicted octanol–water partition coefficient (Wildman–Crippen LogP) is 1.02. The van der Waals surface area contributed by atoms with Gasteiger partial charge in [-0.2, -0.15) is 0 Å². The molecular weight excluding hydrogens is 396 g/mol. The highest BCUT2D eigenvalue weighted by atomic mass is 16.5. The summed E-state index contributed by atoms with van der Waals surface area (Å²) in [5.41, 5.74) is 0.573. The maximum absolute atomic E-state index is 13.0. The molecule has 3 saturated heterocycles. The van der Waals surface area contributed by atoms with Crippen LogP contribution in [0.4, 0.5) is 0 Å². The molecule has 0 radical (unpaired) electrons. The van der Waals surface area contributed by atoms with Crippen molar-refractivity contribution in [2.75, 3.05) is 39.8 Å². The lowest BCUT2D eigenvalue weighted by molar-refractivity contribution is -0.136. The maximum Gasteiger partial charge on any atom is 0.251 e. The lowest BCUT2D eigenvalue weighted by Crippen LogP contribution is -2.48. The highest BCUT2D eigenvalue weighted by Gasteiger charge is 2.38. The van der Waals surface area contributed by atoms with Crippen LogP contribution in [0.3, 0.4) is 0 Å². The van der Waals surface area contributed by atoms with Crippen molar-refractivity contribution in [3.63, 3.8) is 0 Å². The van der Waals surface area contributed by atoms with Crippen LogP contribution in [0.1, 0.15) is 42.5 Å². The molecule has 0 unspecified atom stereocenters. The average Bonchev–Trinajstić information content (AvgIpc) is 3.51. The summed E-state index contributed by atoms with van der Waals surface area (Å²) < 4.78 is 5.18. The first-order chi connectivity index (χ1) is 15.0. The van der Waals surface area contributed by atoms with Crippen LogP contribution in [0, 0.1) is 5.92 Å². The van der Waals surface area contributed by atoms with Gasteiger partial charge < -0.3 is 25.2 Å². The zero-order valence-corrected chi connectivity index (χ0v) is 18.1. The Hall–Kier alpha value is -2.61. The summed E-state index contributed by atoms with van der Waals surface area (Å²) in [7, 11) is 1.58. The van der Waals surface area contributed by atoms with Crippen molar-refractivity contribution in [1.29, 1.82) is 0 Å². The normalized spacial score (nSPS) is 24.3. The lowest BCUT2D eigenvalue weighted by Gasteiger charge is -2.34. The first-order valence-electron chi connectivity index (χ1n) is 11.3. The summed E-state index contributed by atoms with van der Waals surface area (Å²) >= 11 is 0. The standard InChI is InChI=1S/C23H32N4O4/c1-31-19-6-4-5-16(13-19)21(28)25-18-7-11-27(12-8-18)22(29)17-14-20(24-15-17)23(30)26-9-2-3-10-26/h4-6,13,17-18,20,24H,2-3,7-12,14-15H2,1H3,(H,25,28)/t17-,20-/m0/s1. The van der Waals surface area contributed by atoms with Gasteiger partial charge >= 0.3 is 0 Å². The van der Waals surface area contributed by atoms with Crippen LogP contribution in [0.25, 0.3) is 0 Å². The number of benzene rings is 1. The van der Waals surface area contributed by atoms with E-state index in [9.17, 15) is 14.4 Å². The second-order valence-corrected chi connectivity index (χ2v) is 8.73. The van der Waals surface area contributed by atoms with Crippen LogP contribution >= 0.6 is 0 Å². The van der Waals surface area contributed by atoms with E-state index in [2.05, 4.69) is 10.6 Å². The first kappa shape index (κ1) is 21.6. The van der Waals surface area contributed by atoms with Gasteiger partial charge in [0, 0.05) is 44.3 Å². The minimum atomic E-state index is -0.230. The minimum Gasteiger partial charge on any atom is -0.497 e. The van der Waals surface area contributed by atoms with Crippen molar-refractivity contribution in [2.24, 2.45) is 5.92 Å². The third kappa shape index (κ3) is 5.01. The Morgan fingerprint density at radius 1 is 1.03 bits per heavy atom. The molecule has 4 rings (SSSR count). The molecule has 0 saturated carbocycles. The van der Waals surface area contributed by atoms with Gasteiger partial charge in [0.2, 0.25) is 11.8 Å². The number of ether oxygens (including phenoxy) is 1. The van der Waals surface area contributed by atoms with Crippen LogP contribution in [0.15, 0.2) is 24.3 Å². The van der Waals surface area contributed by atoms with Gasteiger partial charge in [0.15, 0.2) is 0 Å². The van der Waals surface area contributed by atoms with Gasteiger partial charge in [-0.3, -0.25) is 14.4 Å². The van der Waals surface area contributed by atoms with E-state index in [-0.39, 0.29) is 35.7 Å². The number of rotatable bonds is 5. The van der Waals surface area contributed by atoms with E-state index in [1.165, 1.54) is 0 Å². The van der Waals surface area contributed by atoms with E-state index >= 15 is 0 Å². The Kier molecular flexibility index (Phi) is 6.75. The number of hydrogen-bond acceptors (Lipinski definition) is 5. The Bertz CT molecular complexity index is 816. The molecule has 8 nitrogen and oxygen atoms in total. The van der Waals surface area contributed by atoms with Crippen molar-refractivity contribution in [3.8, 4) is 5.75 Å². The number of piperidine rings is 1. The number of carbonyl (C=O) groups is 3. The van der Waals surface area contributed by atoms with E-state index < -0.39 is 0 Å². The predicted molar refractivity (Wildman–Crippen MR) is 116 cm³/mol. The molecule has 0 aliphatic carbocycles. The maximum atomic E-state index is 13.0. The van der Waals surface area contributed by atoms with Gasteiger partial charge in [0.05, 0.1) is 19.1 Å². The summed E-state index contributed by atoms with van der Waals surface area (Å²) in [5, 5.41) is 6.33. The fourth-order valence-electron chi connectivity index (χ4n) is 4.81. The van der Waals surface area contributed by atoms with Crippen LogP contribution in [-0.2, 0) is 9.59 Å². The van der Waals surface area contributed by atoms with Gasteiger partial charge in [-0.15, -0.1) is 0 Å². The van der Waals surface area contributed by atoms with Crippen molar-refractivity contribution >= 4 is 17.7 Å². The number of likely N-dealkylation sites (tertiary alicyclic amines) is 2. The van der Waals surface area contributed by atoms with Gasteiger partial charge in [-0.05, 0) is 50.3 Å². The van der Waals surface area contributed by atoms with Crippen molar-refractivity contribution < 1.29 is 19.1 Å². The Morgan fingerprint density at radius 2 is 1.74 bits per heavy atom. The molecule has 2 N–H and O–H groups in total. The number of methoxy groups -OCH3 is 1. The molecule has 1 aromatic rings. The summed E-state index contributed by atoms with van der Waals surface area (Å²) in [5.74, 6) is 0.666. The van der Waals surface area contributed by atoms with E-state index in [0.717, 1.165) is 38.8 Å². The highest BCUT2D eigenvalue weighted by Crippen LogP contribution is 2.22. The zero-order valence-electron chi connectivity index (χ0n) is 18.1. The van der Waals surface area contributed by atoms with E-state index in [1.807, 2.05) is 15.9 Å². The molecule has 0 bridgehead atoms. The molecule has 168 valence electrons. The van der Waals surface area contributed by atoms with Gasteiger partial charge in [-0.25, -0.2) is 0 Å². The number of carbonyl (C=O) groups excluding carboxylic acids is 3. The fourth-order valence-corrected chi connectivity index (χ4v) is 4.81. The number of amides is 3. The second kappa shape index (κ2) is 9.68. The molecule has 0 spiro atoms. The molecule has 2 atom stereocenters. The average molecular weight is 429 g/mol. The zero-order chi connectivity index (χ0) is 21.8. The fraction of sp³-hybridized carbons (Fsp3) is 0.609. The Balaban J connectivity index is 1.23. The first-order valence-corrected chi connectivity index (χ1v) is 11.3. The van der Waals surface area contributed by atoms with Crippen molar-refractivity contribution in [2.45, 2.75) is 44.2 Å². The van der Waals surface area contributed by atoms with Crippen LogP contribution < -0.4 is 15.4 Å². The largest absolute Gasteiger partial charge is 0.497 e.